The second-order valence-electron chi connectivity index (χ2n) is 6.35. The zero-order valence-corrected chi connectivity index (χ0v) is 17.2. The lowest BCUT2D eigenvalue weighted by molar-refractivity contribution is -0.139. The molecule has 30 heavy (non-hydrogen) atoms. The highest BCUT2D eigenvalue weighted by molar-refractivity contribution is 6.39. The first-order chi connectivity index (χ1) is 14.2. The normalized spacial score (nSPS) is 11.4. The van der Waals surface area contributed by atoms with Gasteiger partial charge in [-0.2, -0.15) is 0 Å². The molecule has 0 aliphatic carbocycles. The Morgan fingerprint density at radius 3 is 2.23 bits per heavy atom. The number of anilines is 1. The molecule has 2 rings (SSSR count). The lowest BCUT2D eigenvalue weighted by atomic mass is 10.1. The second-order valence-corrected chi connectivity index (χ2v) is 7.16. The van der Waals surface area contributed by atoms with Gasteiger partial charge >= 0.3 is 5.97 Å². The van der Waals surface area contributed by atoms with E-state index in [9.17, 15) is 24.3 Å². The van der Waals surface area contributed by atoms with E-state index in [1.54, 1.807) is 24.3 Å². The van der Waals surface area contributed by atoms with Crippen molar-refractivity contribution in [3.63, 3.8) is 0 Å². The van der Waals surface area contributed by atoms with Gasteiger partial charge in [-0.1, -0.05) is 35.3 Å². The van der Waals surface area contributed by atoms with E-state index in [0.717, 1.165) is 0 Å². The van der Waals surface area contributed by atoms with Crippen LogP contribution in [-0.2, 0) is 9.59 Å². The number of carboxylic acid groups (broad SMARTS) is 1. The molecule has 158 valence electrons. The van der Waals surface area contributed by atoms with Crippen molar-refractivity contribution >= 4 is 52.5 Å². The first-order valence-corrected chi connectivity index (χ1v) is 9.57. The Labute approximate surface area is 182 Å². The molecule has 0 unspecified atom stereocenters. The smallest absolute Gasteiger partial charge is 0.326 e. The Morgan fingerprint density at radius 2 is 1.63 bits per heavy atom. The second kappa shape index (κ2) is 10.6. The third kappa shape index (κ3) is 6.47. The molecule has 0 bridgehead atoms. The predicted molar refractivity (Wildman–Crippen MR) is 113 cm³/mol. The zero-order chi connectivity index (χ0) is 22.3. The SMILES string of the molecule is Nc1cccc(C(=O)NCC(=O)CC[C@H](NC(=O)c2c(Cl)cccc2Cl)C(=O)O)c1. The molecule has 0 aliphatic rings. The molecule has 0 saturated heterocycles. The Bertz CT molecular complexity index is 960. The standard InChI is InChI=1S/C20H19Cl2N3O5/c21-14-5-2-6-15(22)17(14)19(28)25-16(20(29)30)8-7-13(26)10-24-18(27)11-3-1-4-12(23)9-11/h1-6,9,16H,7-8,10,23H2,(H,24,27)(H,25,28)(H,29,30)/t16-/m0/s1. The van der Waals surface area contributed by atoms with Crippen molar-refractivity contribution in [3.8, 4) is 0 Å². The van der Waals surface area contributed by atoms with Crippen LogP contribution >= 0.6 is 23.2 Å². The van der Waals surface area contributed by atoms with Gasteiger partial charge in [-0.05, 0) is 36.8 Å². The molecule has 0 aromatic heterocycles. The Morgan fingerprint density at radius 1 is 1.00 bits per heavy atom. The number of nitrogens with two attached hydrogens (primary N) is 1. The first-order valence-electron chi connectivity index (χ1n) is 8.82. The van der Waals surface area contributed by atoms with Crippen LogP contribution in [-0.4, -0.2) is 41.3 Å². The van der Waals surface area contributed by atoms with E-state index < -0.39 is 29.6 Å². The summed E-state index contributed by atoms with van der Waals surface area (Å²) in [5.41, 5.74) is 6.27. The first kappa shape index (κ1) is 23.2. The summed E-state index contributed by atoms with van der Waals surface area (Å²) in [6, 6.07) is 9.36. The van der Waals surface area contributed by atoms with Crippen molar-refractivity contribution in [2.75, 3.05) is 12.3 Å². The number of Topliss-reactive ketones (excluding diaryl/α,β-unsaturated/α-hetero) is 1. The van der Waals surface area contributed by atoms with E-state index in [0.29, 0.717) is 11.3 Å². The molecule has 2 amide bonds. The molecule has 0 heterocycles. The van der Waals surface area contributed by atoms with Crippen LogP contribution < -0.4 is 16.4 Å². The van der Waals surface area contributed by atoms with Gasteiger partial charge in [0.25, 0.3) is 11.8 Å². The van der Waals surface area contributed by atoms with E-state index >= 15 is 0 Å². The van der Waals surface area contributed by atoms with E-state index in [4.69, 9.17) is 28.9 Å². The van der Waals surface area contributed by atoms with Crippen LogP contribution in [0.4, 0.5) is 5.69 Å². The van der Waals surface area contributed by atoms with Gasteiger partial charge < -0.3 is 21.5 Å². The minimum absolute atomic E-state index is 0.0483. The summed E-state index contributed by atoms with van der Waals surface area (Å²) < 4.78 is 0. The Balaban J connectivity index is 1.89. The van der Waals surface area contributed by atoms with Gasteiger partial charge in [0.2, 0.25) is 0 Å². The van der Waals surface area contributed by atoms with Crippen LogP contribution in [0, 0.1) is 0 Å². The third-order valence-corrected chi connectivity index (χ3v) is 4.73. The fourth-order valence-electron chi connectivity index (χ4n) is 2.56. The highest BCUT2D eigenvalue weighted by Crippen LogP contribution is 2.24. The molecule has 8 nitrogen and oxygen atoms in total. The summed E-state index contributed by atoms with van der Waals surface area (Å²) in [6.45, 7) is -0.287. The van der Waals surface area contributed by atoms with Crippen LogP contribution in [0.2, 0.25) is 10.0 Å². The minimum atomic E-state index is -1.33. The number of hydrogen-bond donors (Lipinski definition) is 4. The topological polar surface area (TPSA) is 139 Å². The van der Waals surface area contributed by atoms with Crippen LogP contribution in [0.15, 0.2) is 42.5 Å². The molecule has 10 heteroatoms. The average molecular weight is 452 g/mol. The van der Waals surface area contributed by atoms with Crippen molar-refractivity contribution in [2.45, 2.75) is 18.9 Å². The number of halogens is 2. The number of aliphatic carboxylic acids is 1. The van der Waals surface area contributed by atoms with Gasteiger partial charge in [0.1, 0.15) is 6.04 Å². The van der Waals surface area contributed by atoms with Crippen molar-refractivity contribution in [1.82, 2.24) is 10.6 Å². The molecule has 0 aliphatic heterocycles. The number of carboxylic acids is 1. The largest absolute Gasteiger partial charge is 0.480 e. The molecule has 2 aromatic rings. The van der Waals surface area contributed by atoms with E-state index in [1.165, 1.54) is 18.2 Å². The monoisotopic (exact) mass is 451 g/mol. The maximum Gasteiger partial charge on any atom is 0.326 e. The third-order valence-electron chi connectivity index (χ3n) is 4.10. The molecule has 1 atom stereocenters. The van der Waals surface area contributed by atoms with Crippen LogP contribution in [0.5, 0.6) is 0 Å². The Kier molecular flexibility index (Phi) is 8.20. The van der Waals surface area contributed by atoms with Crippen molar-refractivity contribution in [2.24, 2.45) is 0 Å². The fourth-order valence-corrected chi connectivity index (χ4v) is 3.13. The average Bonchev–Trinajstić information content (AvgIpc) is 2.68. The molecular formula is C20H19Cl2N3O5. The number of nitrogen functional groups attached to an aromatic ring is 1. The molecule has 0 radical (unpaired) electrons. The Hall–Kier alpha value is -3.10. The number of carbonyl (C=O) groups is 4. The molecule has 0 fully saturated rings. The molecule has 0 spiro atoms. The number of amides is 2. The maximum atomic E-state index is 12.3. The van der Waals surface area contributed by atoms with Crippen molar-refractivity contribution in [3.05, 3.63) is 63.6 Å². The molecule has 5 N–H and O–H groups in total. The number of nitrogens with one attached hydrogen (secondary N) is 2. The summed E-state index contributed by atoms with van der Waals surface area (Å²) >= 11 is 11.9. The van der Waals surface area contributed by atoms with Gasteiger partial charge in [0, 0.05) is 17.7 Å². The summed E-state index contributed by atoms with van der Waals surface area (Å²) in [4.78, 5) is 47.9. The lowest BCUT2D eigenvalue weighted by Crippen LogP contribution is -2.41. The van der Waals surface area contributed by atoms with Gasteiger partial charge in [-0.3, -0.25) is 14.4 Å². The van der Waals surface area contributed by atoms with Crippen molar-refractivity contribution < 1.29 is 24.3 Å². The fraction of sp³-hybridized carbons (Fsp3) is 0.200. The highest BCUT2D eigenvalue weighted by Gasteiger charge is 2.24. The molecular weight excluding hydrogens is 433 g/mol. The van der Waals surface area contributed by atoms with Crippen molar-refractivity contribution in [1.29, 1.82) is 0 Å². The summed E-state index contributed by atoms with van der Waals surface area (Å²) in [7, 11) is 0. The quantitative estimate of drug-likeness (QED) is 0.432. The number of carbonyl (C=O) groups excluding carboxylic acids is 3. The summed E-state index contributed by atoms with van der Waals surface area (Å²) in [6.07, 6.45) is -0.346. The number of hydrogen-bond acceptors (Lipinski definition) is 5. The number of rotatable bonds is 9. The van der Waals surface area contributed by atoms with Gasteiger partial charge in [0.15, 0.2) is 5.78 Å². The molecule has 0 saturated carbocycles. The maximum absolute atomic E-state index is 12.3. The molecule has 2 aromatic carbocycles. The van der Waals surface area contributed by atoms with Crippen LogP contribution in [0.25, 0.3) is 0 Å². The van der Waals surface area contributed by atoms with E-state index in [2.05, 4.69) is 10.6 Å². The number of benzene rings is 2. The van der Waals surface area contributed by atoms with Gasteiger partial charge in [0.05, 0.1) is 22.2 Å². The summed E-state index contributed by atoms with van der Waals surface area (Å²) in [5.74, 6) is -2.96. The van der Waals surface area contributed by atoms with E-state index in [-0.39, 0.29) is 35.0 Å². The van der Waals surface area contributed by atoms with Gasteiger partial charge in [-0.25, -0.2) is 4.79 Å². The van der Waals surface area contributed by atoms with Gasteiger partial charge in [-0.15, -0.1) is 0 Å². The van der Waals surface area contributed by atoms with Crippen LogP contribution in [0.1, 0.15) is 33.6 Å². The van der Waals surface area contributed by atoms with E-state index in [1.807, 2.05) is 0 Å². The lowest BCUT2D eigenvalue weighted by Gasteiger charge is -2.15. The summed E-state index contributed by atoms with van der Waals surface area (Å²) in [5, 5.41) is 14.2. The zero-order valence-electron chi connectivity index (χ0n) is 15.7. The highest BCUT2D eigenvalue weighted by atomic mass is 35.5. The minimum Gasteiger partial charge on any atom is -0.480 e. The predicted octanol–water partition coefficient (Wildman–Crippen LogP) is 2.54. The van der Waals surface area contributed by atoms with Crippen LogP contribution in [0.3, 0.4) is 0 Å². The number of ketones is 1.